The van der Waals surface area contributed by atoms with Crippen LogP contribution in [-0.4, -0.2) is 52.3 Å². The molecule has 2 unspecified atom stereocenters. The number of piperidine rings is 1. The molecule has 2 bridgehead atoms. The molecule has 1 aromatic heterocycles. The number of fused-ring (bicyclic) bond motifs is 4. The molecule has 4 fully saturated rings. The first kappa shape index (κ1) is 17.2. The number of ether oxygens (including phenoxy) is 1. The van der Waals surface area contributed by atoms with Crippen LogP contribution in [0.3, 0.4) is 0 Å². The quantitative estimate of drug-likeness (QED) is 0.760. The normalized spacial score (nSPS) is 37.5. The third kappa shape index (κ3) is 2.86. The van der Waals surface area contributed by atoms with E-state index in [9.17, 15) is 9.59 Å². The third-order valence-electron chi connectivity index (χ3n) is 6.54. The topological polar surface area (TPSA) is 83.6 Å². The summed E-state index contributed by atoms with van der Waals surface area (Å²) in [6, 6.07) is 0.214. The summed E-state index contributed by atoms with van der Waals surface area (Å²) in [5.74, 6) is 0.339. The molecular formula is C19H24N4O3S. The van der Waals surface area contributed by atoms with E-state index >= 15 is 0 Å². The van der Waals surface area contributed by atoms with Crippen LogP contribution in [0.5, 0.6) is 0 Å². The van der Waals surface area contributed by atoms with Crippen LogP contribution in [0.4, 0.5) is 4.79 Å². The van der Waals surface area contributed by atoms with Crippen molar-refractivity contribution in [3.63, 3.8) is 0 Å². The lowest BCUT2D eigenvalue weighted by Crippen LogP contribution is -2.71. The Labute approximate surface area is 162 Å². The molecule has 0 aromatic carbocycles. The van der Waals surface area contributed by atoms with E-state index < -0.39 is 0 Å². The zero-order valence-corrected chi connectivity index (χ0v) is 16.1. The lowest BCUT2D eigenvalue weighted by atomic mass is 9.71. The lowest BCUT2D eigenvalue weighted by molar-refractivity contribution is -0.132. The van der Waals surface area contributed by atoms with Crippen molar-refractivity contribution in [1.29, 1.82) is 0 Å². The smallest absolute Gasteiger partial charge is 0.317 e. The predicted octanol–water partition coefficient (Wildman–Crippen LogP) is 2.03. The monoisotopic (exact) mass is 388 g/mol. The Morgan fingerprint density at radius 1 is 1.37 bits per heavy atom. The van der Waals surface area contributed by atoms with E-state index in [2.05, 4.69) is 15.6 Å². The summed E-state index contributed by atoms with van der Waals surface area (Å²) < 4.78 is 5.74. The van der Waals surface area contributed by atoms with Crippen LogP contribution in [-0.2, 0) is 9.53 Å². The van der Waals surface area contributed by atoms with Crippen molar-refractivity contribution in [1.82, 2.24) is 20.5 Å². The van der Waals surface area contributed by atoms with Crippen LogP contribution in [0.1, 0.15) is 42.8 Å². The Morgan fingerprint density at radius 3 is 2.85 bits per heavy atom. The first-order valence-corrected chi connectivity index (χ1v) is 10.5. The number of rotatable bonds is 2. The molecule has 4 aliphatic heterocycles. The first-order valence-electron chi connectivity index (χ1n) is 9.67. The molecule has 27 heavy (non-hydrogen) atoms. The average molecular weight is 388 g/mol. The maximum atomic E-state index is 12.9. The van der Waals surface area contributed by atoms with E-state index in [4.69, 9.17) is 4.74 Å². The number of amides is 3. The molecule has 144 valence electrons. The number of urea groups is 1. The average Bonchev–Trinajstić information content (AvgIpc) is 3.32. The minimum atomic E-state index is -0.248. The summed E-state index contributed by atoms with van der Waals surface area (Å²) in [6.45, 7) is 2.65. The zero-order chi connectivity index (χ0) is 18.6. The van der Waals surface area contributed by atoms with Gasteiger partial charge in [0.2, 0.25) is 5.91 Å². The van der Waals surface area contributed by atoms with Gasteiger partial charge in [-0.2, -0.15) is 0 Å². The van der Waals surface area contributed by atoms with Crippen LogP contribution in [0, 0.1) is 12.8 Å². The van der Waals surface area contributed by atoms with Gasteiger partial charge in [-0.3, -0.25) is 4.79 Å². The Bertz CT molecular complexity index is 793. The summed E-state index contributed by atoms with van der Waals surface area (Å²) in [4.78, 5) is 31.5. The van der Waals surface area contributed by atoms with Crippen LogP contribution < -0.4 is 10.6 Å². The van der Waals surface area contributed by atoms with Gasteiger partial charge in [0.25, 0.3) is 0 Å². The highest BCUT2D eigenvalue weighted by Crippen LogP contribution is 2.48. The summed E-state index contributed by atoms with van der Waals surface area (Å²) >= 11 is 1.58. The molecule has 5 rings (SSSR count). The number of carbonyl (C=O) groups excluding carboxylic acids is 2. The van der Waals surface area contributed by atoms with Gasteiger partial charge in [0.05, 0.1) is 16.2 Å². The van der Waals surface area contributed by atoms with E-state index in [0.29, 0.717) is 6.61 Å². The van der Waals surface area contributed by atoms with Gasteiger partial charge in [0.1, 0.15) is 6.23 Å². The van der Waals surface area contributed by atoms with Crippen molar-refractivity contribution in [2.75, 3.05) is 6.61 Å². The van der Waals surface area contributed by atoms with Gasteiger partial charge in [-0.25, -0.2) is 9.78 Å². The van der Waals surface area contributed by atoms with Crippen molar-refractivity contribution in [3.8, 4) is 0 Å². The molecule has 8 heteroatoms. The van der Waals surface area contributed by atoms with Crippen molar-refractivity contribution >= 4 is 29.4 Å². The highest BCUT2D eigenvalue weighted by Gasteiger charge is 2.58. The maximum absolute atomic E-state index is 12.9. The fourth-order valence-corrected chi connectivity index (χ4v) is 6.11. The minimum absolute atomic E-state index is 0.0579. The molecule has 3 amide bonds. The number of carbonyl (C=O) groups is 2. The Kier molecular flexibility index (Phi) is 4.01. The summed E-state index contributed by atoms with van der Waals surface area (Å²) in [6.07, 6.45) is 7.87. The lowest BCUT2D eigenvalue weighted by Gasteiger charge is -2.52. The number of aryl methyl sites for hydroxylation is 1. The van der Waals surface area contributed by atoms with Gasteiger partial charge >= 0.3 is 6.03 Å². The summed E-state index contributed by atoms with van der Waals surface area (Å²) in [5, 5.41) is 9.09. The highest BCUT2D eigenvalue weighted by molar-refractivity contribution is 7.09. The Morgan fingerprint density at radius 2 is 2.15 bits per heavy atom. The highest BCUT2D eigenvalue weighted by atomic mass is 32.1. The molecular weight excluding hydrogens is 364 g/mol. The largest absolute Gasteiger partial charge is 0.358 e. The molecule has 4 atom stereocenters. The van der Waals surface area contributed by atoms with E-state index in [1.54, 1.807) is 17.4 Å². The molecule has 5 heterocycles. The minimum Gasteiger partial charge on any atom is -0.358 e. The summed E-state index contributed by atoms with van der Waals surface area (Å²) in [5.41, 5.74) is 0.588. The SMILES string of the molecule is Cc1nc(/C=C/C(=O)N2C3CCC2CC2(C3)NC(=O)N[C@H]3OCC[C@H]32)cs1. The second-order valence-corrected chi connectivity index (χ2v) is 9.17. The number of hydrogen-bond donors (Lipinski definition) is 2. The van der Waals surface area contributed by atoms with Crippen LogP contribution >= 0.6 is 11.3 Å². The van der Waals surface area contributed by atoms with Crippen molar-refractivity contribution < 1.29 is 14.3 Å². The van der Waals surface area contributed by atoms with E-state index in [0.717, 1.165) is 42.8 Å². The fraction of sp³-hybridized carbons (Fsp3) is 0.632. The molecule has 7 nitrogen and oxygen atoms in total. The van der Waals surface area contributed by atoms with Gasteiger partial charge in [-0.15, -0.1) is 11.3 Å². The molecule has 2 N–H and O–H groups in total. The molecule has 4 saturated heterocycles. The van der Waals surface area contributed by atoms with Crippen LogP contribution in [0.25, 0.3) is 6.08 Å². The predicted molar refractivity (Wildman–Crippen MR) is 101 cm³/mol. The molecule has 4 aliphatic rings. The van der Waals surface area contributed by atoms with Crippen molar-refractivity contribution in [2.45, 2.75) is 62.9 Å². The first-order chi connectivity index (χ1) is 13.0. The second-order valence-electron chi connectivity index (χ2n) is 8.10. The van der Waals surface area contributed by atoms with Gasteiger partial charge in [0, 0.05) is 36.1 Å². The number of thiazole rings is 1. The van der Waals surface area contributed by atoms with E-state index in [-0.39, 0.29) is 41.7 Å². The molecule has 1 spiro atoms. The van der Waals surface area contributed by atoms with Gasteiger partial charge < -0.3 is 20.3 Å². The summed E-state index contributed by atoms with van der Waals surface area (Å²) in [7, 11) is 0. The zero-order valence-electron chi connectivity index (χ0n) is 15.3. The Hall–Kier alpha value is -1.93. The van der Waals surface area contributed by atoms with E-state index in [1.165, 1.54) is 0 Å². The van der Waals surface area contributed by atoms with E-state index in [1.807, 2.05) is 23.3 Å². The van der Waals surface area contributed by atoms with Crippen molar-refractivity contribution in [2.24, 2.45) is 5.92 Å². The standard InChI is InChI=1S/C19H24N4O3S/c1-11-20-12(10-27-11)2-5-16(24)23-13-3-4-14(23)9-19(8-13)15-6-7-26-17(15)21-18(25)22-19/h2,5,10,13-15,17H,3-4,6-9H2,1H3,(H2,21,22,25)/b5-2+/t13?,14?,15-,17+,19?/m1/s1. The third-order valence-corrected chi connectivity index (χ3v) is 7.34. The number of aromatic nitrogens is 1. The van der Waals surface area contributed by atoms with Gasteiger partial charge in [-0.1, -0.05) is 0 Å². The van der Waals surface area contributed by atoms with Gasteiger partial charge in [-0.05, 0) is 45.1 Å². The number of hydrogen-bond acceptors (Lipinski definition) is 5. The second kappa shape index (κ2) is 6.31. The van der Waals surface area contributed by atoms with Crippen LogP contribution in [0.15, 0.2) is 11.5 Å². The molecule has 0 saturated carbocycles. The fourth-order valence-electron chi connectivity index (χ4n) is 5.53. The van der Waals surface area contributed by atoms with Crippen LogP contribution in [0.2, 0.25) is 0 Å². The molecule has 0 radical (unpaired) electrons. The molecule has 1 aromatic rings. The number of nitrogens with one attached hydrogen (secondary N) is 2. The van der Waals surface area contributed by atoms with Crippen molar-refractivity contribution in [3.05, 3.63) is 22.2 Å². The Balaban J connectivity index is 1.35. The molecule has 0 aliphatic carbocycles. The number of nitrogens with zero attached hydrogens (tertiary/aromatic N) is 2. The van der Waals surface area contributed by atoms with Gasteiger partial charge in [0.15, 0.2) is 0 Å². The maximum Gasteiger partial charge on any atom is 0.317 e.